The summed E-state index contributed by atoms with van der Waals surface area (Å²) in [5, 5.41) is 6.42. The van der Waals surface area contributed by atoms with Crippen LogP contribution in [0.25, 0.3) is 0 Å². The second-order valence-corrected chi connectivity index (χ2v) is 7.16. The summed E-state index contributed by atoms with van der Waals surface area (Å²) in [6.45, 7) is 1.68. The van der Waals surface area contributed by atoms with Crippen molar-refractivity contribution < 1.29 is 0 Å². The molecule has 2 aromatic rings. The predicted molar refractivity (Wildman–Crippen MR) is 91.6 cm³/mol. The van der Waals surface area contributed by atoms with Crippen molar-refractivity contribution in [2.75, 3.05) is 20.6 Å². The minimum atomic E-state index is 0.393. The average molecular weight is 374 g/mol. The van der Waals surface area contributed by atoms with Gasteiger partial charge in [-0.1, -0.05) is 39.7 Å². The highest BCUT2D eigenvalue weighted by Crippen LogP contribution is 2.24. The molecule has 1 heterocycles. The molecular formula is C15H18BrClN2S. The number of nitrogens with zero attached hydrogens (tertiary/aromatic N) is 1. The first kappa shape index (κ1) is 16.0. The highest BCUT2D eigenvalue weighted by molar-refractivity contribution is 9.10. The fourth-order valence-corrected chi connectivity index (χ4v) is 3.69. The van der Waals surface area contributed by atoms with Crippen LogP contribution >= 0.6 is 38.9 Å². The Bertz CT molecular complexity index is 543. The van der Waals surface area contributed by atoms with E-state index in [0.717, 1.165) is 28.1 Å². The Morgan fingerprint density at radius 2 is 2.15 bits per heavy atom. The Morgan fingerprint density at radius 1 is 1.35 bits per heavy atom. The van der Waals surface area contributed by atoms with Crippen LogP contribution in [-0.2, 0) is 6.54 Å². The van der Waals surface area contributed by atoms with Crippen molar-refractivity contribution in [1.29, 1.82) is 0 Å². The van der Waals surface area contributed by atoms with Crippen LogP contribution in [0.5, 0.6) is 0 Å². The number of thiophene rings is 1. The lowest BCUT2D eigenvalue weighted by Crippen LogP contribution is -2.30. The minimum Gasteiger partial charge on any atom is -0.311 e. The summed E-state index contributed by atoms with van der Waals surface area (Å²) < 4.78 is 1.01. The van der Waals surface area contributed by atoms with E-state index in [2.05, 4.69) is 63.8 Å². The topological polar surface area (TPSA) is 15.3 Å². The Balaban J connectivity index is 1.94. The normalized spacial score (nSPS) is 12.8. The molecule has 0 aliphatic carbocycles. The molecule has 20 heavy (non-hydrogen) atoms. The van der Waals surface area contributed by atoms with Crippen molar-refractivity contribution in [1.82, 2.24) is 10.2 Å². The first-order valence-corrected chi connectivity index (χ1v) is 8.47. The summed E-state index contributed by atoms with van der Waals surface area (Å²) in [6, 6.07) is 10.7. The van der Waals surface area contributed by atoms with Crippen molar-refractivity contribution in [3.63, 3.8) is 0 Å². The van der Waals surface area contributed by atoms with Crippen LogP contribution < -0.4 is 5.32 Å². The van der Waals surface area contributed by atoms with Gasteiger partial charge in [-0.15, -0.1) is 11.3 Å². The molecule has 1 atom stereocenters. The molecule has 108 valence electrons. The molecular weight excluding hydrogens is 356 g/mol. The minimum absolute atomic E-state index is 0.393. The van der Waals surface area contributed by atoms with E-state index in [0.29, 0.717) is 6.04 Å². The van der Waals surface area contributed by atoms with E-state index in [9.17, 15) is 0 Å². The molecule has 1 unspecified atom stereocenters. The molecule has 0 amide bonds. The van der Waals surface area contributed by atoms with Gasteiger partial charge in [0.05, 0.1) is 6.04 Å². The van der Waals surface area contributed by atoms with Crippen LogP contribution in [0, 0.1) is 0 Å². The Morgan fingerprint density at radius 3 is 2.75 bits per heavy atom. The van der Waals surface area contributed by atoms with Gasteiger partial charge in [0.15, 0.2) is 0 Å². The van der Waals surface area contributed by atoms with E-state index in [-0.39, 0.29) is 0 Å². The van der Waals surface area contributed by atoms with Crippen molar-refractivity contribution in [2.24, 2.45) is 0 Å². The van der Waals surface area contributed by atoms with Crippen molar-refractivity contribution in [3.8, 4) is 0 Å². The molecule has 0 fully saturated rings. The van der Waals surface area contributed by atoms with Crippen LogP contribution in [0.2, 0.25) is 5.02 Å². The first-order chi connectivity index (χ1) is 9.58. The third kappa shape index (κ3) is 4.30. The quantitative estimate of drug-likeness (QED) is 0.798. The fraction of sp³-hybridized carbons (Fsp3) is 0.333. The average Bonchev–Trinajstić information content (AvgIpc) is 2.90. The number of nitrogens with one attached hydrogen (secondary N) is 1. The summed E-state index contributed by atoms with van der Waals surface area (Å²) in [5.41, 5.74) is 1.12. The Hall–Kier alpha value is -0.390. The molecule has 0 aliphatic heterocycles. The highest BCUT2D eigenvalue weighted by atomic mass is 79.9. The number of hydrogen-bond donors (Lipinski definition) is 1. The molecule has 0 radical (unpaired) electrons. The zero-order valence-electron chi connectivity index (χ0n) is 11.6. The van der Waals surface area contributed by atoms with E-state index in [1.807, 2.05) is 12.1 Å². The maximum Gasteiger partial charge on any atom is 0.0561 e. The standard InChI is InChI=1S/C15H18BrClN2S/c1-19(2)14(15-4-3-7-20-15)10-18-9-11-5-6-12(16)8-13(11)17/h3-8,14,18H,9-10H2,1-2H3. The Kier molecular flexibility index (Phi) is 6.05. The van der Waals surface area contributed by atoms with Gasteiger partial charge in [-0.05, 0) is 43.2 Å². The maximum absolute atomic E-state index is 6.23. The molecule has 0 bridgehead atoms. The van der Waals surface area contributed by atoms with Crippen molar-refractivity contribution >= 4 is 38.9 Å². The van der Waals surface area contributed by atoms with Crippen LogP contribution in [0.4, 0.5) is 0 Å². The summed E-state index contributed by atoms with van der Waals surface area (Å²) in [4.78, 5) is 3.62. The van der Waals surface area contributed by atoms with Gasteiger partial charge >= 0.3 is 0 Å². The molecule has 0 saturated heterocycles. The predicted octanol–water partition coefficient (Wildman–Crippen LogP) is 4.56. The lowest BCUT2D eigenvalue weighted by atomic mass is 10.2. The van der Waals surface area contributed by atoms with E-state index in [1.165, 1.54) is 4.88 Å². The molecule has 0 spiro atoms. The lowest BCUT2D eigenvalue weighted by molar-refractivity contribution is 0.292. The van der Waals surface area contributed by atoms with E-state index in [4.69, 9.17) is 11.6 Å². The third-order valence-electron chi connectivity index (χ3n) is 3.16. The molecule has 2 nitrogen and oxygen atoms in total. The Labute approximate surface area is 137 Å². The number of halogens is 2. The van der Waals surface area contributed by atoms with Gasteiger partial charge in [-0.25, -0.2) is 0 Å². The molecule has 1 aromatic carbocycles. The molecule has 0 saturated carbocycles. The van der Waals surface area contributed by atoms with E-state index < -0.39 is 0 Å². The highest BCUT2D eigenvalue weighted by Gasteiger charge is 2.14. The van der Waals surface area contributed by atoms with Crippen LogP contribution in [0.1, 0.15) is 16.5 Å². The largest absolute Gasteiger partial charge is 0.311 e. The zero-order chi connectivity index (χ0) is 14.5. The second kappa shape index (κ2) is 7.57. The van der Waals surface area contributed by atoms with Crippen molar-refractivity contribution in [3.05, 3.63) is 55.6 Å². The summed E-state index contributed by atoms with van der Waals surface area (Å²) in [6.07, 6.45) is 0. The molecule has 1 aromatic heterocycles. The molecule has 5 heteroatoms. The number of hydrogen-bond acceptors (Lipinski definition) is 3. The van der Waals surface area contributed by atoms with Gasteiger partial charge in [0.2, 0.25) is 0 Å². The smallest absolute Gasteiger partial charge is 0.0561 e. The summed E-state index contributed by atoms with van der Waals surface area (Å²) in [7, 11) is 4.22. The summed E-state index contributed by atoms with van der Waals surface area (Å²) >= 11 is 11.4. The van der Waals surface area contributed by atoms with E-state index >= 15 is 0 Å². The molecule has 2 rings (SSSR count). The number of rotatable bonds is 6. The van der Waals surface area contributed by atoms with Gasteiger partial charge in [-0.2, -0.15) is 0 Å². The van der Waals surface area contributed by atoms with Crippen LogP contribution in [0.3, 0.4) is 0 Å². The van der Waals surface area contributed by atoms with Gasteiger partial charge in [0.1, 0.15) is 0 Å². The third-order valence-corrected chi connectivity index (χ3v) is 4.98. The van der Waals surface area contributed by atoms with E-state index in [1.54, 1.807) is 11.3 Å². The first-order valence-electron chi connectivity index (χ1n) is 6.42. The maximum atomic E-state index is 6.23. The van der Waals surface area contributed by atoms with Gasteiger partial charge in [0, 0.05) is 27.5 Å². The SMILES string of the molecule is CN(C)C(CNCc1ccc(Br)cc1Cl)c1cccs1. The summed E-state index contributed by atoms with van der Waals surface area (Å²) in [5.74, 6) is 0. The number of likely N-dealkylation sites (N-methyl/N-ethyl adjacent to an activating group) is 1. The monoisotopic (exact) mass is 372 g/mol. The van der Waals surface area contributed by atoms with Crippen LogP contribution in [0.15, 0.2) is 40.2 Å². The molecule has 0 aliphatic rings. The van der Waals surface area contributed by atoms with Gasteiger partial charge in [0.25, 0.3) is 0 Å². The van der Waals surface area contributed by atoms with Crippen molar-refractivity contribution in [2.45, 2.75) is 12.6 Å². The lowest BCUT2D eigenvalue weighted by Gasteiger charge is -2.23. The van der Waals surface area contributed by atoms with Gasteiger partial charge in [-0.3, -0.25) is 0 Å². The number of benzene rings is 1. The van der Waals surface area contributed by atoms with Crippen LogP contribution in [-0.4, -0.2) is 25.5 Å². The van der Waals surface area contributed by atoms with Gasteiger partial charge < -0.3 is 10.2 Å². The zero-order valence-corrected chi connectivity index (χ0v) is 14.7. The second-order valence-electron chi connectivity index (χ2n) is 4.86. The molecule has 1 N–H and O–H groups in total. The fourth-order valence-electron chi connectivity index (χ4n) is 2.03.